The van der Waals surface area contributed by atoms with E-state index < -0.39 is 5.91 Å². The van der Waals surface area contributed by atoms with Crippen molar-refractivity contribution in [1.29, 1.82) is 0 Å². The van der Waals surface area contributed by atoms with E-state index >= 15 is 0 Å². The lowest BCUT2D eigenvalue weighted by molar-refractivity contribution is 0.0989. The predicted molar refractivity (Wildman–Crippen MR) is 123 cm³/mol. The molecule has 0 fully saturated rings. The zero-order chi connectivity index (χ0) is 19.5. The van der Waals surface area contributed by atoms with Crippen LogP contribution in [0.4, 0.5) is 0 Å². The molecule has 4 rings (SSSR count). The number of aryl methyl sites for hydroxylation is 1. The van der Waals surface area contributed by atoms with Gasteiger partial charge in [-0.05, 0) is 43.3 Å². The third-order valence-electron chi connectivity index (χ3n) is 4.55. The van der Waals surface area contributed by atoms with Crippen molar-refractivity contribution < 1.29 is 4.79 Å². The first-order valence-electron chi connectivity index (χ1n) is 9.05. The average molecular weight is 445 g/mol. The van der Waals surface area contributed by atoms with Gasteiger partial charge in [0.15, 0.2) is 0 Å². The number of amides is 1. The molecule has 9 heteroatoms. The molecule has 0 aliphatic heterocycles. The van der Waals surface area contributed by atoms with E-state index in [-0.39, 0.29) is 24.8 Å². The number of nitrogens with two attached hydrogens (primary N) is 2. The van der Waals surface area contributed by atoms with Crippen LogP contribution in [-0.2, 0) is 6.54 Å². The minimum absolute atomic E-state index is 0. The summed E-state index contributed by atoms with van der Waals surface area (Å²) in [5, 5.41) is 5.59. The van der Waals surface area contributed by atoms with Crippen LogP contribution in [0.15, 0.2) is 60.9 Å². The fourth-order valence-corrected chi connectivity index (χ4v) is 3.13. The van der Waals surface area contributed by atoms with Gasteiger partial charge in [0.25, 0.3) is 5.91 Å². The van der Waals surface area contributed by atoms with Gasteiger partial charge < -0.3 is 11.5 Å². The van der Waals surface area contributed by atoms with Crippen molar-refractivity contribution in [3.63, 3.8) is 0 Å². The van der Waals surface area contributed by atoms with Crippen molar-refractivity contribution in [2.75, 3.05) is 6.54 Å². The predicted octanol–water partition coefficient (Wildman–Crippen LogP) is 3.45. The molecule has 0 saturated heterocycles. The molecule has 0 aliphatic carbocycles. The zero-order valence-electron chi connectivity index (χ0n) is 16.1. The fourth-order valence-electron chi connectivity index (χ4n) is 3.13. The Balaban J connectivity index is 0.00000160. The largest absolute Gasteiger partial charge is 0.364 e. The Morgan fingerprint density at radius 1 is 0.967 bits per heavy atom. The number of benzene rings is 1. The molecule has 0 unspecified atom stereocenters. The minimum atomic E-state index is -0.510. The van der Waals surface area contributed by atoms with Gasteiger partial charge in [-0.25, -0.2) is 0 Å². The highest BCUT2D eigenvalue weighted by Crippen LogP contribution is 2.26. The molecule has 1 amide bonds. The number of nitrogens with zero attached hydrogens (tertiary/aromatic N) is 4. The van der Waals surface area contributed by atoms with Gasteiger partial charge in [0.1, 0.15) is 5.69 Å². The molecule has 0 saturated carbocycles. The monoisotopic (exact) mass is 444 g/mol. The number of pyridine rings is 2. The van der Waals surface area contributed by atoms with Crippen molar-refractivity contribution in [1.82, 2.24) is 19.7 Å². The van der Waals surface area contributed by atoms with Gasteiger partial charge in [0.2, 0.25) is 0 Å². The number of primary amides is 1. The Kier molecular flexibility index (Phi) is 7.88. The van der Waals surface area contributed by atoms with Crippen LogP contribution in [-0.4, -0.2) is 32.2 Å². The van der Waals surface area contributed by atoms with Crippen LogP contribution in [0, 0.1) is 0 Å². The number of carbonyl (C=O) groups is 1. The molecule has 0 atom stereocenters. The molecular formula is C21H22Cl2N6O. The van der Waals surface area contributed by atoms with Gasteiger partial charge in [-0.2, -0.15) is 5.10 Å². The van der Waals surface area contributed by atoms with Crippen molar-refractivity contribution in [2.45, 2.75) is 13.0 Å². The van der Waals surface area contributed by atoms with E-state index in [9.17, 15) is 4.79 Å². The maximum absolute atomic E-state index is 11.8. The molecule has 3 aromatic heterocycles. The second-order valence-electron chi connectivity index (χ2n) is 6.49. The Labute approximate surface area is 186 Å². The molecule has 30 heavy (non-hydrogen) atoms. The van der Waals surface area contributed by atoms with Gasteiger partial charge in [-0.3, -0.25) is 19.4 Å². The normalized spacial score (nSPS) is 10.3. The Hall–Kier alpha value is -3.00. The molecule has 0 radical (unpaired) electrons. The van der Waals surface area contributed by atoms with Crippen molar-refractivity contribution >= 4 is 41.6 Å². The Morgan fingerprint density at radius 2 is 1.77 bits per heavy atom. The number of hydrogen-bond donors (Lipinski definition) is 2. The first-order valence-corrected chi connectivity index (χ1v) is 9.05. The summed E-state index contributed by atoms with van der Waals surface area (Å²) < 4.78 is 1.61. The Bertz CT molecular complexity index is 1160. The number of rotatable bonds is 6. The summed E-state index contributed by atoms with van der Waals surface area (Å²) >= 11 is 0. The summed E-state index contributed by atoms with van der Waals surface area (Å²) in [6.45, 7) is 1.06. The summed E-state index contributed by atoms with van der Waals surface area (Å²) in [6, 6.07) is 15.5. The van der Waals surface area contributed by atoms with Crippen LogP contribution in [0.3, 0.4) is 0 Å². The van der Waals surface area contributed by atoms with E-state index in [1.807, 2.05) is 42.6 Å². The summed E-state index contributed by atoms with van der Waals surface area (Å²) in [7, 11) is 0. The first-order chi connectivity index (χ1) is 13.7. The molecule has 4 N–H and O–H groups in total. The average Bonchev–Trinajstić information content (AvgIpc) is 3.16. The van der Waals surface area contributed by atoms with Gasteiger partial charge in [0.05, 0.1) is 16.9 Å². The molecular weight excluding hydrogens is 423 g/mol. The van der Waals surface area contributed by atoms with E-state index in [4.69, 9.17) is 11.5 Å². The molecule has 156 valence electrons. The fraction of sp³-hybridized carbons (Fsp3) is 0.143. The third-order valence-corrected chi connectivity index (χ3v) is 4.55. The lowest BCUT2D eigenvalue weighted by Gasteiger charge is -2.05. The second kappa shape index (κ2) is 10.2. The number of aromatic nitrogens is 4. The number of halogens is 2. The van der Waals surface area contributed by atoms with Crippen LogP contribution in [0.25, 0.3) is 33.4 Å². The molecule has 3 heterocycles. The van der Waals surface area contributed by atoms with Gasteiger partial charge in [-0.15, -0.1) is 24.8 Å². The summed E-state index contributed by atoms with van der Waals surface area (Å²) in [6.07, 6.45) is 4.25. The molecule has 0 spiro atoms. The molecule has 0 bridgehead atoms. The van der Waals surface area contributed by atoms with Gasteiger partial charge in [0, 0.05) is 35.5 Å². The van der Waals surface area contributed by atoms with E-state index in [2.05, 4.69) is 21.1 Å². The summed E-state index contributed by atoms with van der Waals surface area (Å²) in [5.74, 6) is -0.510. The highest BCUT2D eigenvalue weighted by Gasteiger charge is 2.14. The molecule has 1 aromatic carbocycles. The van der Waals surface area contributed by atoms with Crippen LogP contribution >= 0.6 is 24.8 Å². The Morgan fingerprint density at radius 3 is 2.53 bits per heavy atom. The zero-order valence-corrected chi connectivity index (χ0v) is 17.7. The maximum atomic E-state index is 11.8. The topological polar surface area (TPSA) is 113 Å². The quantitative estimate of drug-likeness (QED) is 0.472. The van der Waals surface area contributed by atoms with E-state index in [0.29, 0.717) is 30.9 Å². The van der Waals surface area contributed by atoms with E-state index in [1.165, 1.54) is 0 Å². The lowest BCUT2D eigenvalue weighted by Crippen LogP contribution is -2.18. The van der Waals surface area contributed by atoms with Crippen LogP contribution < -0.4 is 11.5 Å². The molecule has 0 aliphatic rings. The maximum Gasteiger partial charge on any atom is 0.266 e. The first kappa shape index (κ1) is 23.3. The number of carbonyl (C=O) groups excluding carboxylic acids is 1. The van der Waals surface area contributed by atoms with Gasteiger partial charge >= 0.3 is 0 Å². The van der Waals surface area contributed by atoms with Crippen molar-refractivity contribution in [3.8, 4) is 22.5 Å². The number of fused-ring (bicyclic) bond motifs is 1. The van der Waals surface area contributed by atoms with Crippen LogP contribution in [0.2, 0.25) is 0 Å². The van der Waals surface area contributed by atoms with Gasteiger partial charge in [-0.1, -0.05) is 18.2 Å². The molecule has 7 nitrogen and oxygen atoms in total. The number of para-hydroxylation sites is 1. The second-order valence-corrected chi connectivity index (χ2v) is 6.49. The highest BCUT2D eigenvalue weighted by atomic mass is 35.5. The summed E-state index contributed by atoms with van der Waals surface area (Å²) in [4.78, 5) is 20.7. The molecule has 4 aromatic rings. The number of hydrogen-bond acceptors (Lipinski definition) is 5. The standard InChI is InChI=1S/C21H20N6O.2ClH/c22-7-3-9-27-20(21(23)28)12-19(26-27)15-6-8-24-18(11-15)16-10-14-4-1-2-5-17(14)25-13-16;;/h1-2,4-6,8,10-13H,3,7,9,22H2,(H2,23,28);2*1H. The minimum Gasteiger partial charge on any atom is -0.364 e. The summed E-state index contributed by atoms with van der Waals surface area (Å²) in [5.41, 5.74) is 15.6. The third kappa shape index (κ3) is 4.76. The highest BCUT2D eigenvalue weighted by molar-refractivity contribution is 5.92. The van der Waals surface area contributed by atoms with Crippen LogP contribution in [0.1, 0.15) is 16.9 Å². The van der Waals surface area contributed by atoms with Crippen LogP contribution in [0.5, 0.6) is 0 Å². The van der Waals surface area contributed by atoms with E-state index in [0.717, 1.165) is 27.7 Å². The van der Waals surface area contributed by atoms with Crippen molar-refractivity contribution in [2.24, 2.45) is 11.5 Å². The van der Waals surface area contributed by atoms with E-state index in [1.54, 1.807) is 16.9 Å². The smallest absolute Gasteiger partial charge is 0.266 e. The SMILES string of the molecule is Cl.Cl.NCCCn1nc(-c2ccnc(-c3cnc4ccccc4c3)c2)cc1C(N)=O. The van der Waals surface area contributed by atoms with Crippen molar-refractivity contribution in [3.05, 3.63) is 66.6 Å². The lowest BCUT2D eigenvalue weighted by atomic mass is 10.1.